The number of hydrogen-bond donors (Lipinski definition) is 2. The predicted octanol–water partition coefficient (Wildman–Crippen LogP) is 3.81. The van der Waals surface area contributed by atoms with Crippen LogP contribution in [0.4, 0.5) is 4.39 Å². The summed E-state index contributed by atoms with van der Waals surface area (Å²) in [5.74, 6) is 1.18. The van der Waals surface area contributed by atoms with Gasteiger partial charge in [-0.15, -0.1) is 0 Å². The number of unbranched alkanes of at least 4 members (excludes halogenated alkanes) is 1. The second-order valence-corrected chi connectivity index (χ2v) is 11.0. The summed E-state index contributed by atoms with van der Waals surface area (Å²) in [6, 6.07) is 10.8. The quantitative estimate of drug-likeness (QED) is 0.367. The van der Waals surface area contributed by atoms with E-state index in [1.54, 1.807) is 14.2 Å². The van der Waals surface area contributed by atoms with Gasteiger partial charge in [0.15, 0.2) is 0 Å². The molecule has 1 saturated heterocycles. The van der Waals surface area contributed by atoms with Gasteiger partial charge in [-0.2, -0.15) is 0 Å². The zero-order chi connectivity index (χ0) is 28.7. The van der Waals surface area contributed by atoms with E-state index in [4.69, 9.17) is 9.47 Å². The lowest BCUT2D eigenvalue weighted by Crippen LogP contribution is -2.54. The second-order valence-electron chi connectivity index (χ2n) is 11.0. The van der Waals surface area contributed by atoms with Crippen molar-refractivity contribution in [3.63, 3.8) is 0 Å². The molecule has 3 atom stereocenters. The Hall–Kier alpha value is -3.17. The zero-order valence-electron chi connectivity index (χ0n) is 24.2. The lowest BCUT2D eigenvalue weighted by atomic mass is 10.0. The van der Waals surface area contributed by atoms with Gasteiger partial charge in [0.25, 0.3) is 5.91 Å². The molecule has 9 heteroatoms. The number of nitrogens with zero attached hydrogens (tertiary/aromatic N) is 2. The van der Waals surface area contributed by atoms with Gasteiger partial charge in [0.1, 0.15) is 23.4 Å². The number of benzene rings is 2. The minimum absolute atomic E-state index is 0.00710. The second kappa shape index (κ2) is 13.5. The molecule has 40 heavy (non-hydrogen) atoms. The number of likely N-dealkylation sites (N-methyl/N-ethyl adjacent to an activating group) is 1. The molecule has 2 aromatic carbocycles. The fourth-order valence-electron chi connectivity index (χ4n) is 5.57. The molecule has 2 N–H and O–H groups in total. The number of amides is 2. The Morgan fingerprint density at radius 2 is 1.77 bits per heavy atom. The minimum Gasteiger partial charge on any atom is -0.497 e. The molecule has 1 aliphatic carbocycles. The summed E-state index contributed by atoms with van der Waals surface area (Å²) in [6.45, 7) is 9.12. The van der Waals surface area contributed by atoms with E-state index in [0.29, 0.717) is 31.0 Å². The molecule has 4 rings (SSSR count). The first kappa shape index (κ1) is 29.8. The molecule has 2 aromatic rings. The SMILES string of the molecule is CCN1CCN(C(=O)[C@H](CCCCN[C@]2(C)C[C@H]2c2ccc(OC)cc2OC)NC(=O)c2ccc(F)cc2)CC1. The van der Waals surface area contributed by atoms with E-state index >= 15 is 0 Å². The Balaban J connectivity index is 1.30. The summed E-state index contributed by atoms with van der Waals surface area (Å²) >= 11 is 0. The van der Waals surface area contributed by atoms with Crippen molar-refractivity contribution in [3.8, 4) is 11.5 Å². The summed E-state index contributed by atoms with van der Waals surface area (Å²) in [7, 11) is 3.33. The topological polar surface area (TPSA) is 83.1 Å². The largest absolute Gasteiger partial charge is 0.497 e. The lowest BCUT2D eigenvalue weighted by molar-refractivity contribution is -0.135. The maximum Gasteiger partial charge on any atom is 0.251 e. The van der Waals surface area contributed by atoms with E-state index in [1.165, 1.54) is 29.8 Å². The Labute approximate surface area is 237 Å². The van der Waals surface area contributed by atoms with Crippen LogP contribution >= 0.6 is 0 Å². The van der Waals surface area contributed by atoms with Crippen LogP contribution in [0.25, 0.3) is 0 Å². The predicted molar refractivity (Wildman–Crippen MR) is 154 cm³/mol. The molecule has 1 heterocycles. The van der Waals surface area contributed by atoms with Crippen LogP contribution in [-0.4, -0.2) is 86.7 Å². The average molecular weight is 555 g/mol. The van der Waals surface area contributed by atoms with Crippen LogP contribution in [0.5, 0.6) is 11.5 Å². The van der Waals surface area contributed by atoms with E-state index in [2.05, 4.69) is 35.4 Å². The van der Waals surface area contributed by atoms with Gasteiger partial charge in [0.2, 0.25) is 5.91 Å². The highest BCUT2D eigenvalue weighted by atomic mass is 19.1. The molecule has 2 fully saturated rings. The molecule has 0 radical (unpaired) electrons. The summed E-state index contributed by atoms with van der Waals surface area (Å²) in [4.78, 5) is 30.5. The Kier molecular flexibility index (Phi) is 10.0. The number of piperazine rings is 1. The molecule has 2 amide bonds. The molecule has 8 nitrogen and oxygen atoms in total. The third kappa shape index (κ3) is 7.31. The van der Waals surface area contributed by atoms with Crippen molar-refractivity contribution in [2.45, 2.75) is 57.0 Å². The van der Waals surface area contributed by atoms with Crippen LogP contribution in [0.15, 0.2) is 42.5 Å². The fraction of sp³-hybridized carbons (Fsp3) is 0.548. The standard InChI is InChI=1S/C31H43FN4O4/c1-5-35-16-18-36(19-17-35)30(38)27(34-29(37)22-9-11-23(32)12-10-22)8-6-7-15-33-31(2)21-26(31)25-14-13-24(39-3)20-28(25)40-4/h9-14,20,26-27,33H,5-8,15-19,21H2,1-4H3,(H,34,37)/t26-,27-,31+/m0/s1. The number of carbonyl (C=O) groups is 2. The van der Waals surface area contributed by atoms with Crippen LogP contribution in [0, 0.1) is 5.82 Å². The van der Waals surface area contributed by atoms with Crippen molar-refractivity contribution in [2.24, 2.45) is 0 Å². The van der Waals surface area contributed by atoms with Crippen LogP contribution < -0.4 is 20.1 Å². The van der Waals surface area contributed by atoms with Gasteiger partial charge in [-0.1, -0.05) is 13.0 Å². The third-order valence-electron chi connectivity index (χ3n) is 8.34. The van der Waals surface area contributed by atoms with Gasteiger partial charge in [-0.3, -0.25) is 9.59 Å². The van der Waals surface area contributed by atoms with Gasteiger partial charge in [-0.05, 0) is 81.6 Å². The first-order valence-corrected chi connectivity index (χ1v) is 14.3. The molecule has 1 saturated carbocycles. The van der Waals surface area contributed by atoms with Crippen LogP contribution in [0.2, 0.25) is 0 Å². The molecule has 1 aliphatic heterocycles. The Morgan fingerprint density at radius 3 is 2.42 bits per heavy atom. The minimum atomic E-state index is -0.612. The van der Waals surface area contributed by atoms with Crippen molar-refractivity contribution in [1.82, 2.24) is 20.4 Å². The molecular formula is C31H43FN4O4. The highest BCUT2D eigenvalue weighted by molar-refractivity contribution is 5.97. The van der Waals surface area contributed by atoms with Crippen LogP contribution in [-0.2, 0) is 4.79 Å². The van der Waals surface area contributed by atoms with Crippen molar-refractivity contribution in [1.29, 1.82) is 0 Å². The zero-order valence-corrected chi connectivity index (χ0v) is 24.2. The lowest BCUT2D eigenvalue weighted by Gasteiger charge is -2.36. The number of methoxy groups -OCH3 is 2. The van der Waals surface area contributed by atoms with Gasteiger partial charge in [-0.25, -0.2) is 4.39 Å². The maximum atomic E-state index is 13.4. The number of rotatable bonds is 13. The fourth-order valence-corrected chi connectivity index (χ4v) is 5.57. The van der Waals surface area contributed by atoms with E-state index in [0.717, 1.165) is 56.9 Å². The smallest absolute Gasteiger partial charge is 0.251 e. The number of carbonyl (C=O) groups excluding carboxylic acids is 2. The number of halogens is 1. The molecule has 0 spiro atoms. The first-order valence-electron chi connectivity index (χ1n) is 14.3. The van der Waals surface area contributed by atoms with Crippen LogP contribution in [0.3, 0.4) is 0 Å². The van der Waals surface area contributed by atoms with E-state index in [-0.39, 0.29) is 17.4 Å². The molecule has 0 bridgehead atoms. The first-order chi connectivity index (χ1) is 19.3. The Morgan fingerprint density at radius 1 is 1.05 bits per heavy atom. The van der Waals surface area contributed by atoms with Crippen molar-refractivity contribution in [3.05, 3.63) is 59.4 Å². The summed E-state index contributed by atoms with van der Waals surface area (Å²) in [5.41, 5.74) is 1.52. The molecule has 0 aromatic heterocycles. The van der Waals surface area contributed by atoms with Crippen molar-refractivity contribution < 1.29 is 23.5 Å². The monoisotopic (exact) mass is 554 g/mol. The van der Waals surface area contributed by atoms with Gasteiger partial charge in [0, 0.05) is 49.3 Å². The number of nitrogens with one attached hydrogen (secondary N) is 2. The summed E-state index contributed by atoms with van der Waals surface area (Å²) in [6.07, 6.45) is 3.23. The molecule has 0 unspecified atom stereocenters. The van der Waals surface area contributed by atoms with Gasteiger partial charge >= 0.3 is 0 Å². The number of hydrogen-bond acceptors (Lipinski definition) is 6. The molecule has 218 valence electrons. The maximum absolute atomic E-state index is 13.4. The average Bonchev–Trinajstić information content (AvgIpc) is 3.66. The van der Waals surface area contributed by atoms with Crippen LogP contribution in [0.1, 0.15) is 61.4 Å². The molecule has 2 aliphatic rings. The normalized spacial score (nSPS) is 21.5. The highest BCUT2D eigenvalue weighted by Crippen LogP contribution is 2.54. The number of ether oxygens (including phenoxy) is 2. The van der Waals surface area contributed by atoms with Crippen molar-refractivity contribution >= 4 is 11.8 Å². The summed E-state index contributed by atoms with van der Waals surface area (Å²) < 4.78 is 24.3. The van der Waals surface area contributed by atoms with E-state index < -0.39 is 11.9 Å². The van der Waals surface area contributed by atoms with Gasteiger partial charge < -0.3 is 29.9 Å². The van der Waals surface area contributed by atoms with E-state index in [1.807, 2.05) is 17.0 Å². The molecular weight excluding hydrogens is 511 g/mol. The van der Waals surface area contributed by atoms with Crippen molar-refractivity contribution in [2.75, 3.05) is 53.5 Å². The van der Waals surface area contributed by atoms with Gasteiger partial charge in [0.05, 0.1) is 14.2 Å². The highest BCUT2D eigenvalue weighted by Gasteiger charge is 2.51. The van der Waals surface area contributed by atoms with E-state index in [9.17, 15) is 14.0 Å². The summed E-state index contributed by atoms with van der Waals surface area (Å²) in [5, 5.41) is 6.63. The Bertz CT molecular complexity index is 1150. The third-order valence-corrected chi connectivity index (χ3v) is 8.34.